The molecular formula is C23H34BN3O4. The molecule has 0 radical (unpaired) electrons. The van der Waals surface area contributed by atoms with Crippen molar-refractivity contribution >= 4 is 13.1 Å². The van der Waals surface area contributed by atoms with Gasteiger partial charge in [0.15, 0.2) is 0 Å². The van der Waals surface area contributed by atoms with Gasteiger partial charge in [-0.15, -0.1) is 0 Å². The second kappa shape index (κ2) is 9.64. The van der Waals surface area contributed by atoms with Crippen molar-refractivity contribution in [1.82, 2.24) is 0 Å². The first-order valence-corrected chi connectivity index (χ1v) is 11.3. The SMILES string of the molecule is CC1(C)OB(CCCC[C@]2(C(=O)OCc3ccccc3)CC[C@@H](N=[N+]=[N-])C2)OC1(C)C. The molecule has 1 aromatic rings. The summed E-state index contributed by atoms with van der Waals surface area (Å²) in [7, 11) is -0.217. The molecule has 1 aromatic carbocycles. The second-order valence-corrected chi connectivity index (χ2v) is 9.88. The zero-order chi connectivity index (χ0) is 22.5. The van der Waals surface area contributed by atoms with Crippen LogP contribution in [0.2, 0.25) is 6.32 Å². The van der Waals surface area contributed by atoms with Crippen molar-refractivity contribution in [2.75, 3.05) is 0 Å². The van der Waals surface area contributed by atoms with Crippen LogP contribution in [0.5, 0.6) is 0 Å². The molecule has 2 aliphatic rings. The summed E-state index contributed by atoms with van der Waals surface area (Å²) in [6.07, 6.45) is 5.26. The number of hydrogen-bond acceptors (Lipinski definition) is 5. The lowest BCUT2D eigenvalue weighted by Crippen LogP contribution is -2.41. The summed E-state index contributed by atoms with van der Waals surface area (Å²) in [6.45, 7) is 8.48. The number of carbonyl (C=O) groups excluding carboxylic acids is 1. The van der Waals surface area contributed by atoms with Gasteiger partial charge in [-0.2, -0.15) is 0 Å². The minimum Gasteiger partial charge on any atom is -0.460 e. The maximum Gasteiger partial charge on any atom is 0.457 e. The van der Waals surface area contributed by atoms with E-state index in [0.717, 1.165) is 37.6 Å². The zero-order valence-corrected chi connectivity index (χ0v) is 19.2. The van der Waals surface area contributed by atoms with Crippen LogP contribution in [0, 0.1) is 5.41 Å². The lowest BCUT2D eigenvalue weighted by Gasteiger charge is -2.32. The Bertz CT molecular complexity index is 794. The zero-order valence-electron chi connectivity index (χ0n) is 19.2. The van der Waals surface area contributed by atoms with E-state index in [4.69, 9.17) is 19.6 Å². The Balaban J connectivity index is 1.55. The largest absolute Gasteiger partial charge is 0.460 e. The maximum atomic E-state index is 13.1. The standard InChI is InChI=1S/C23H34BN3O4/c1-21(2)22(3,4)31-24(30-21)15-9-8-13-23(14-12-19(16-23)26-27-25)20(28)29-17-18-10-6-5-7-11-18/h5-7,10-11,19H,8-9,12-17H2,1-4H3/t19-,23+/m1/s1. The number of unbranched alkanes of at least 4 members (excludes halogenated alkanes) is 1. The van der Waals surface area contributed by atoms with Gasteiger partial charge in [0, 0.05) is 11.0 Å². The van der Waals surface area contributed by atoms with Crippen LogP contribution >= 0.6 is 0 Å². The van der Waals surface area contributed by atoms with Crippen molar-refractivity contribution in [3.8, 4) is 0 Å². The molecule has 0 amide bonds. The number of esters is 1. The highest BCUT2D eigenvalue weighted by Crippen LogP contribution is 2.45. The van der Waals surface area contributed by atoms with E-state index in [9.17, 15) is 4.79 Å². The molecule has 1 heterocycles. The molecule has 3 rings (SSSR count). The van der Waals surface area contributed by atoms with Gasteiger partial charge in [-0.25, -0.2) is 0 Å². The van der Waals surface area contributed by atoms with Gasteiger partial charge in [-0.1, -0.05) is 48.3 Å². The molecule has 31 heavy (non-hydrogen) atoms. The molecule has 2 atom stereocenters. The molecule has 8 heteroatoms. The third kappa shape index (κ3) is 5.62. The maximum absolute atomic E-state index is 13.1. The first kappa shape index (κ1) is 23.6. The highest BCUT2D eigenvalue weighted by atomic mass is 16.7. The molecule has 1 aliphatic carbocycles. The van der Waals surface area contributed by atoms with Crippen molar-refractivity contribution in [3.63, 3.8) is 0 Å². The third-order valence-corrected chi connectivity index (χ3v) is 7.09. The fraction of sp³-hybridized carbons (Fsp3) is 0.696. The van der Waals surface area contributed by atoms with E-state index in [-0.39, 0.29) is 36.9 Å². The number of hydrogen-bond donors (Lipinski definition) is 0. The van der Waals surface area contributed by atoms with Crippen LogP contribution in [-0.4, -0.2) is 30.3 Å². The van der Waals surface area contributed by atoms with Gasteiger partial charge in [-0.3, -0.25) is 4.79 Å². The average Bonchev–Trinajstić information content (AvgIpc) is 3.22. The third-order valence-electron chi connectivity index (χ3n) is 7.09. The molecule has 0 bridgehead atoms. The summed E-state index contributed by atoms with van der Waals surface area (Å²) >= 11 is 0. The van der Waals surface area contributed by atoms with Gasteiger partial charge in [0.1, 0.15) is 6.61 Å². The van der Waals surface area contributed by atoms with Crippen LogP contribution in [0.25, 0.3) is 10.4 Å². The van der Waals surface area contributed by atoms with E-state index in [1.807, 2.05) is 30.3 Å². The number of benzene rings is 1. The molecule has 0 unspecified atom stereocenters. The Morgan fingerprint density at radius 2 is 1.87 bits per heavy atom. The lowest BCUT2D eigenvalue weighted by molar-refractivity contribution is -0.157. The molecule has 1 saturated carbocycles. The van der Waals surface area contributed by atoms with E-state index in [1.54, 1.807) is 0 Å². The quantitative estimate of drug-likeness (QED) is 0.124. The van der Waals surface area contributed by atoms with E-state index in [2.05, 4.69) is 37.7 Å². The van der Waals surface area contributed by atoms with Crippen molar-refractivity contribution in [1.29, 1.82) is 0 Å². The summed E-state index contributed by atoms with van der Waals surface area (Å²) in [5.74, 6) is -0.178. The highest BCUT2D eigenvalue weighted by molar-refractivity contribution is 6.45. The summed E-state index contributed by atoms with van der Waals surface area (Å²) in [5, 5.41) is 3.88. The molecule has 1 saturated heterocycles. The summed E-state index contributed by atoms with van der Waals surface area (Å²) in [5.41, 5.74) is 8.56. The number of nitrogens with zero attached hydrogens (tertiary/aromatic N) is 3. The van der Waals surface area contributed by atoms with Gasteiger partial charge >= 0.3 is 13.1 Å². The van der Waals surface area contributed by atoms with Crippen LogP contribution in [0.15, 0.2) is 35.4 Å². The Morgan fingerprint density at radius 3 is 2.52 bits per heavy atom. The van der Waals surface area contributed by atoms with Crippen LogP contribution in [0.1, 0.15) is 71.8 Å². The number of carbonyl (C=O) groups is 1. The van der Waals surface area contributed by atoms with Crippen LogP contribution in [0.3, 0.4) is 0 Å². The van der Waals surface area contributed by atoms with E-state index >= 15 is 0 Å². The summed E-state index contributed by atoms with van der Waals surface area (Å²) < 4.78 is 17.9. The predicted octanol–water partition coefficient (Wildman–Crippen LogP) is 5.84. The fourth-order valence-corrected chi connectivity index (χ4v) is 4.52. The second-order valence-electron chi connectivity index (χ2n) is 9.88. The van der Waals surface area contributed by atoms with Crippen molar-refractivity contribution in [2.45, 2.75) is 96.4 Å². The van der Waals surface area contributed by atoms with E-state index in [0.29, 0.717) is 12.8 Å². The highest BCUT2D eigenvalue weighted by Gasteiger charge is 2.51. The van der Waals surface area contributed by atoms with Gasteiger partial charge in [-0.05, 0) is 70.8 Å². The first-order chi connectivity index (χ1) is 14.7. The van der Waals surface area contributed by atoms with Crippen molar-refractivity contribution < 1.29 is 18.8 Å². The Morgan fingerprint density at radius 1 is 1.19 bits per heavy atom. The number of azide groups is 1. The molecule has 0 N–H and O–H groups in total. The molecule has 1 aliphatic heterocycles. The normalized spacial score (nSPS) is 26.5. The predicted molar refractivity (Wildman–Crippen MR) is 120 cm³/mol. The monoisotopic (exact) mass is 427 g/mol. The molecule has 2 fully saturated rings. The fourth-order valence-electron chi connectivity index (χ4n) is 4.52. The van der Waals surface area contributed by atoms with E-state index < -0.39 is 5.41 Å². The van der Waals surface area contributed by atoms with Crippen LogP contribution in [0.4, 0.5) is 0 Å². The van der Waals surface area contributed by atoms with Crippen LogP contribution < -0.4 is 0 Å². The van der Waals surface area contributed by atoms with E-state index in [1.165, 1.54) is 0 Å². The summed E-state index contributed by atoms with van der Waals surface area (Å²) in [4.78, 5) is 16.1. The first-order valence-electron chi connectivity index (χ1n) is 11.3. The number of ether oxygens (including phenoxy) is 1. The molecule has 7 nitrogen and oxygen atoms in total. The average molecular weight is 427 g/mol. The minimum atomic E-state index is -0.580. The van der Waals surface area contributed by atoms with Gasteiger partial charge in [0.2, 0.25) is 0 Å². The van der Waals surface area contributed by atoms with Gasteiger partial charge < -0.3 is 14.0 Å². The lowest BCUT2D eigenvalue weighted by atomic mass is 9.77. The smallest absolute Gasteiger partial charge is 0.457 e. The Labute approximate surface area is 185 Å². The van der Waals surface area contributed by atoms with Crippen molar-refractivity contribution in [3.05, 3.63) is 46.3 Å². The van der Waals surface area contributed by atoms with Gasteiger partial charge in [0.05, 0.1) is 16.6 Å². The minimum absolute atomic E-state index is 0.141. The van der Waals surface area contributed by atoms with Gasteiger partial charge in [0.25, 0.3) is 0 Å². The van der Waals surface area contributed by atoms with Crippen molar-refractivity contribution in [2.24, 2.45) is 10.5 Å². The molecule has 0 spiro atoms. The Hall–Kier alpha value is -2.02. The summed E-state index contributed by atoms with van der Waals surface area (Å²) in [6, 6.07) is 9.56. The molecule has 0 aromatic heterocycles. The molecule has 168 valence electrons. The molecular weight excluding hydrogens is 393 g/mol. The van der Waals surface area contributed by atoms with Crippen LogP contribution in [-0.2, 0) is 25.4 Å². The topological polar surface area (TPSA) is 93.5 Å². The Kier molecular flexibility index (Phi) is 7.35. The number of rotatable bonds is 9.